The number of para-hydroxylation sites is 1. The maximum absolute atomic E-state index is 12.0. The standard InChI is InChI=1S/C19H22O3/c1-14(2)17-6-4-5-7-18(17)22-19(20)13-10-15-8-11-16(21-3)12-9-15/h4-9,11-12,14H,10,13H2,1-3H3. The maximum Gasteiger partial charge on any atom is 0.311 e. The zero-order valence-corrected chi connectivity index (χ0v) is 13.3. The Hall–Kier alpha value is -2.29. The topological polar surface area (TPSA) is 35.5 Å². The Balaban J connectivity index is 1.93. The summed E-state index contributed by atoms with van der Waals surface area (Å²) >= 11 is 0. The average molecular weight is 298 g/mol. The summed E-state index contributed by atoms with van der Waals surface area (Å²) in [4.78, 5) is 12.0. The van der Waals surface area contributed by atoms with Gasteiger partial charge in [0.25, 0.3) is 0 Å². The minimum absolute atomic E-state index is 0.205. The number of rotatable bonds is 6. The fourth-order valence-electron chi connectivity index (χ4n) is 2.26. The van der Waals surface area contributed by atoms with Gasteiger partial charge in [-0.2, -0.15) is 0 Å². The van der Waals surface area contributed by atoms with E-state index in [0.717, 1.165) is 16.9 Å². The molecule has 0 saturated heterocycles. The number of methoxy groups -OCH3 is 1. The summed E-state index contributed by atoms with van der Waals surface area (Å²) in [5.74, 6) is 1.60. The number of carbonyl (C=O) groups is 1. The Morgan fingerprint density at radius 1 is 1.05 bits per heavy atom. The van der Waals surface area contributed by atoms with E-state index in [1.54, 1.807) is 7.11 Å². The molecule has 0 radical (unpaired) electrons. The largest absolute Gasteiger partial charge is 0.497 e. The molecule has 22 heavy (non-hydrogen) atoms. The first-order chi connectivity index (χ1) is 10.6. The average Bonchev–Trinajstić information content (AvgIpc) is 2.53. The first kappa shape index (κ1) is 16.1. The van der Waals surface area contributed by atoms with Crippen molar-refractivity contribution in [1.29, 1.82) is 0 Å². The highest BCUT2D eigenvalue weighted by atomic mass is 16.5. The second kappa shape index (κ2) is 7.64. The van der Waals surface area contributed by atoms with Crippen molar-refractivity contribution in [2.45, 2.75) is 32.6 Å². The maximum atomic E-state index is 12.0. The highest BCUT2D eigenvalue weighted by molar-refractivity contribution is 5.73. The van der Waals surface area contributed by atoms with Crippen LogP contribution >= 0.6 is 0 Å². The predicted molar refractivity (Wildman–Crippen MR) is 87.5 cm³/mol. The van der Waals surface area contributed by atoms with Gasteiger partial charge in [0.1, 0.15) is 11.5 Å². The number of hydrogen-bond acceptors (Lipinski definition) is 3. The van der Waals surface area contributed by atoms with Crippen LogP contribution in [0.3, 0.4) is 0 Å². The molecule has 0 aliphatic heterocycles. The lowest BCUT2D eigenvalue weighted by Gasteiger charge is -2.12. The van der Waals surface area contributed by atoms with Crippen LogP contribution in [-0.4, -0.2) is 13.1 Å². The van der Waals surface area contributed by atoms with Crippen LogP contribution in [0.2, 0.25) is 0 Å². The van der Waals surface area contributed by atoms with Gasteiger partial charge in [-0.05, 0) is 41.7 Å². The summed E-state index contributed by atoms with van der Waals surface area (Å²) in [5, 5.41) is 0. The molecular weight excluding hydrogens is 276 g/mol. The summed E-state index contributed by atoms with van der Waals surface area (Å²) in [6, 6.07) is 15.4. The molecule has 0 aromatic heterocycles. The zero-order chi connectivity index (χ0) is 15.9. The van der Waals surface area contributed by atoms with E-state index >= 15 is 0 Å². The Morgan fingerprint density at radius 2 is 1.73 bits per heavy atom. The molecule has 0 saturated carbocycles. The zero-order valence-electron chi connectivity index (χ0n) is 13.3. The van der Waals surface area contributed by atoms with E-state index in [-0.39, 0.29) is 5.97 Å². The lowest BCUT2D eigenvalue weighted by molar-refractivity contribution is -0.134. The lowest BCUT2D eigenvalue weighted by Crippen LogP contribution is -2.10. The van der Waals surface area contributed by atoms with Crippen LogP contribution in [-0.2, 0) is 11.2 Å². The first-order valence-electron chi connectivity index (χ1n) is 7.52. The number of carbonyl (C=O) groups excluding carboxylic acids is 1. The van der Waals surface area contributed by atoms with Crippen LogP contribution in [0.4, 0.5) is 0 Å². The third kappa shape index (κ3) is 4.35. The van der Waals surface area contributed by atoms with Gasteiger partial charge in [-0.25, -0.2) is 0 Å². The number of aryl methyl sites for hydroxylation is 1. The van der Waals surface area contributed by atoms with Crippen LogP contribution in [0.5, 0.6) is 11.5 Å². The third-order valence-corrected chi connectivity index (χ3v) is 3.54. The molecule has 0 bridgehead atoms. The van der Waals surface area contributed by atoms with Crippen molar-refractivity contribution in [3.63, 3.8) is 0 Å². The fourth-order valence-corrected chi connectivity index (χ4v) is 2.26. The number of esters is 1. The summed E-state index contributed by atoms with van der Waals surface area (Å²) < 4.78 is 10.6. The summed E-state index contributed by atoms with van der Waals surface area (Å²) in [5.41, 5.74) is 2.15. The molecule has 2 aromatic rings. The Kier molecular flexibility index (Phi) is 5.59. The molecule has 0 heterocycles. The van der Waals surface area contributed by atoms with Crippen molar-refractivity contribution in [2.75, 3.05) is 7.11 Å². The lowest BCUT2D eigenvalue weighted by atomic mass is 10.0. The van der Waals surface area contributed by atoms with Gasteiger partial charge >= 0.3 is 5.97 Å². The van der Waals surface area contributed by atoms with E-state index in [1.807, 2.05) is 48.5 Å². The summed E-state index contributed by atoms with van der Waals surface area (Å²) in [6.07, 6.45) is 1.02. The molecule has 0 N–H and O–H groups in total. The molecule has 0 unspecified atom stereocenters. The number of hydrogen-bond donors (Lipinski definition) is 0. The van der Waals surface area contributed by atoms with E-state index in [4.69, 9.17) is 9.47 Å². The molecule has 0 aliphatic rings. The second-order valence-corrected chi connectivity index (χ2v) is 5.51. The van der Waals surface area contributed by atoms with E-state index in [0.29, 0.717) is 24.5 Å². The van der Waals surface area contributed by atoms with Crippen LogP contribution in [0.1, 0.15) is 37.3 Å². The van der Waals surface area contributed by atoms with Crippen LogP contribution in [0, 0.1) is 0 Å². The van der Waals surface area contributed by atoms with E-state index in [1.165, 1.54) is 0 Å². The molecule has 3 nitrogen and oxygen atoms in total. The molecule has 0 amide bonds. The number of benzene rings is 2. The van der Waals surface area contributed by atoms with Gasteiger partial charge in [0.2, 0.25) is 0 Å². The van der Waals surface area contributed by atoms with Gasteiger partial charge in [0, 0.05) is 6.42 Å². The quantitative estimate of drug-likeness (QED) is 0.587. The van der Waals surface area contributed by atoms with Crippen LogP contribution < -0.4 is 9.47 Å². The molecule has 0 spiro atoms. The Morgan fingerprint density at radius 3 is 2.36 bits per heavy atom. The van der Waals surface area contributed by atoms with Gasteiger partial charge in [-0.1, -0.05) is 44.2 Å². The van der Waals surface area contributed by atoms with Crippen molar-refractivity contribution >= 4 is 5.97 Å². The minimum Gasteiger partial charge on any atom is -0.497 e. The third-order valence-electron chi connectivity index (χ3n) is 3.54. The van der Waals surface area contributed by atoms with Crippen molar-refractivity contribution in [3.8, 4) is 11.5 Å². The van der Waals surface area contributed by atoms with Gasteiger partial charge in [-0.15, -0.1) is 0 Å². The van der Waals surface area contributed by atoms with E-state index < -0.39 is 0 Å². The van der Waals surface area contributed by atoms with Gasteiger partial charge < -0.3 is 9.47 Å². The molecular formula is C19H22O3. The second-order valence-electron chi connectivity index (χ2n) is 5.51. The molecule has 2 aromatic carbocycles. The molecule has 0 atom stereocenters. The normalized spacial score (nSPS) is 10.5. The molecule has 0 aliphatic carbocycles. The van der Waals surface area contributed by atoms with Gasteiger partial charge in [0.05, 0.1) is 7.11 Å². The van der Waals surface area contributed by atoms with E-state index in [9.17, 15) is 4.79 Å². The van der Waals surface area contributed by atoms with Crippen LogP contribution in [0.25, 0.3) is 0 Å². The minimum atomic E-state index is -0.205. The van der Waals surface area contributed by atoms with Crippen LogP contribution in [0.15, 0.2) is 48.5 Å². The Bertz CT molecular complexity index is 615. The van der Waals surface area contributed by atoms with Crippen molar-refractivity contribution < 1.29 is 14.3 Å². The number of ether oxygens (including phenoxy) is 2. The van der Waals surface area contributed by atoms with E-state index in [2.05, 4.69) is 13.8 Å². The predicted octanol–water partition coefficient (Wildman–Crippen LogP) is 4.36. The van der Waals surface area contributed by atoms with Gasteiger partial charge in [0.15, 0.2) is 0 Å². The molecule has 2 rings (SSSR count). The molecule has 3 heteroatoms. The summed E-state index contributed by atoms with van der Waals surface area (Å²) in [6.45, 7) is 4.17. The van der Waals surface area contributed by atoms with Crippen molar-refractivity contribution in [1.82, 2.24) is 0 Å². The monoisotopic (exact) mass is 298 g/mol. The smallest absolute Gasteiger partial charge is 0.311 e. The molecule has 116 valence electrons. The summed E-state index contributed by atoms with van der Waals surface area (Å²) in [7, 11) is 1.64. The first-order valence-corrected chi connectivity index (χ1v) is 7.52. The van der Waals surface area contributed by atoms with Crippen molar-refractivity contribution in [3.05, 3.63) is 59.7 Å². The molecule has 0 fully saturated rings. The fraction of sp³-hybridized carbons (Fsp3) is 0.316. The van der Waals surface area contributed by atoms with Crippen molar-refractivity contribution in [2.24, 2.45) is 0 Å². The van der Waals surface area contributed by atoms with Gasteiger partial charge in [-0.3, -0.25) is 4.79 Å². The SMILES string of the molecule is COc1ccc(CCC(=O)Oc2ccccc2C(C)C)cc1. The Labute approximate surface area is 131 Å². The highest BCUT2D eigenvalue weighted by Crippen LogP contribution is 2.26. The highest BCUT2D eigenvalue weighted by Gasteiger charge is 2.11.